The number of hydrogen-bond acceptors (Lipinski definition) is 6. The van der Waals surface area contributed by atoms with Gasteiger partial charge in [0, 0.05) is 29.1 Å². The van der Waals surface area contributed by atoms with Crippen molar-refractivity contribution in [1.29, 1.82) is 0 Å². The van der Waals surface area contributed by atoms with E-state index >= 15 is 0 Å². The number of rotatable bonds is 2. The van der Waals surface area contributed by atoms with Crippen molar-refractivity contribution >= 4 is 17.7 Å². The lowest BCUT2D eigenvalue weighted by molar-refractivity contribution is -0.252. The number of carboxylic acid groups (broad SMARTS) is 1. The molecular formula is C32H48O7. The predicted molar refractivity (Wildman–Crippen MR) is 145 cm³/mol. The van der Waals surface area contributed by atoms with Crippen molar-refractivity contribution in [3.8, 4) is 0 Å². The highest BCUT2D eigenvalue weighted by Crippen LogP contribution is 2.75. The standard InChI is InChI=1S/C32H48O7/c1-16-9-11-29(5)23(36)15-30(6)19(25(29)17(16)2)13-20(34)26-28(4)12-10-24(39-18(3)33)31(7,27(37)38)21(28)14-22(35)32(26,30)8/h13,16-17,21-26,35-36H,9-12,14-15H2,1-8H3,(H,37,38)/t16-,17+,21?,22+,23-,24-,25?,26?,28+,29-,30-,31-,32-/m1/s1. The van der Waals surface area contributed by atoms with Crippen LogP contribution in [-0.4, -0.2) is 51.4 Å². The zero-order valence-corrected chi connectivity index (χ0v) is 24.9. The number of fused-ring (bicyclic) bond motifs is 7. The van der Waals surface area contributed by atoms with Gasteiger partial charge in [0.1, 0.15) is 11.5 Å². The third-order valence-corrected chi connectivity index (χ3v) is 13.7. The molecule has 4 fully saturated rings. The summed E-state index contributed by atoms with van der Waals surface area (Å²) in [4.78, 5) is 39.3. The SMILES string of the molecule is CC(=O)O[C@@H]1CC[C@]2(C)C3C(=O)C=C4C5[C@@H](C)[C@H](C)CC[C@]5(C)[C@H](O)C[C@@]4(C)[C@]3(C)[C@@H](O)CC2[C@@]1(C)C(=O)O. The second-order valence-electron chi connectivity index (χ2n) is 15.2. The lowest BCUT2D eigenvalue weighted by Gasteiger charge is -2.72. The van der Waals surface area contributed by atoms with E-state index in [1.165, 1.54) is 6.92 Å². The molecule has 5 aliphatic rings. The average Bonchev–Trinajstić information content (AvgIpc) is 2.83. The van der Waals surface area contributed by atoms with Crippen molar-refractivity contribution in [3.63, 3.8) is 0 Å². The van der Waals surface area contributed by atoms with Gasteiger partial charge in [-0.25, -0.2) is 0 Å². The summed E-state index contributed by atoms with van der Waals surface area (Å²) >= 11 is 0. The Balaban J connectivity index is 1.68. The molecule has 0 aromatic carbocycles. The summed E-state index contributed by atoms with van der Waals surface area (Å²) in [6.45, 7) is 15.8. The summed E-state index contributed by atoms with van der Waals surface area (Å²) in [5.74, 6) is -2.01. The maximum absolute atomic E-state index is 14.4. The van der Waals surface area contributed by atoms with E-state index in [2.05, 4.69) is 27.7 Å². The fraction of sp³-hybridized carbons (Fsp3) is 0.844. The Kier molecular flexibility index (Phi) is 6.38. The third kappa shape index (κ3) is 3.38. The predicted octanol–water partition coefficient (Wildman–Crippen LogP) is 4.78. The van der Waals surface area contributed by atoms with Crippen molar-refractivity contribution in [1.82, 2.24) is 0 Å². The van der Waals surface area contributed by atoms with Crippen LogP contribution >= 0.6 is 0 Å². The Bertz CT molecular complexity index is 1130. The summed E-state index contributed by atoms with van der Waals surface area (Å²) in [6.07, 6.45) is 2.99. The van der Waals surface area contributed by atoms with E-state index in [1.807, 2.05) is 19.9 Å². The molecule has 0 spiro atoms. The Morgan fingerprint density at radius 2 is 1.59 bits per heavy atom. The van der Waals surface area contributed by atoms with Gasteiger partial charge < -0.3 is 20.1 Å². The van der Waals surface area contributed by atoms with Crippen LogP contribution in [0.25, 0.3) is 0 Å². The fourth-order valence-corrected chi connectivity index (χ4v) is 11.0. The van der Waals surface area contributed by atoms with Gasteiger partial charge in [-0.2, -0.15) is 0 Å². The van der Waals surface area contributed by atoms with Gasteiger partial charge in [-0.15, -0.1) is 0 Å². The monoisotopic (exact) mass is 544 g/mol. The molecule has 0 bridgehead atoms. The van der Waals surface area contributed by atoms with Gasteiger partial charge in [0.25, 0.3) is 0 Å². The van der Waals surface area contributed by atoms with Gasteiger partial charge in [0.2, 0.25) is 0 Å². The van der Waals surface area contributed by atoms with Crippen LogP contribution in [0.2, 0.25) is 0 Å². The molecule has 0 heterocycles. The molecule has 7 heteroatoms. The topological polar surface area (TPSA) is 121 Å². The van der Waals surface area contributed by atoms with Gasteiger partial charge in [-0.1, -0.05) is 47.1 Å². The van der Waals surface area contributed by atoms with Crippen LogP contribution in [-0.2, 0) is 19.1 Å². The Morgan fingerprint density at radius 1 is 0.974 bits per heavy atom. The van der Waals surface area contributed by atoms with Gasteiger partial charge in [0.15, 0.2) is 5.78 Å². The first-order valence-electron chi connectivity index (χ1n) is 14.9. The largest absolute Gasteiger partial charge is 0.481 e. The van der Waals surface area contributed by atoms with E-state index in [-0.39, 0.29) is 29.5 Å². The molecule has 13 atom stereocenters. The lowest BCUT2D eigenvalue weighted by atomic mass is 9.32. The minimum atomic E-state index is -1.44. The maximum atomic E-state index is 14.4. The van der Waals surface area contributed by atoms with Crippen molar-refractivity contribution in [2.45, 2.75) is 112 Å². The van der Waals surface area contributed by atoms with Crippen molar-refractivity contribution in [2.75, 3.05) is 0 Å². The molecule has 0 amide bonds. The summed E-state index contributed by atoms with van der Waals surface area (Å²) in [7, 11) is 0. The van der Waals surface area contributed by atoms with Crippen LogP contribution in [0, 0.1) is 56.7 Å². The third-order valence-electron chi connectivity index (χ3n) is 13.7. The molecular weight excluding hydrogens is 496 g/mol. The highest BCUT2D eigenvalue weighted by Gasteiger charge is 2.75. The van der Waals surface area contributed by atoms with Crippen LogP contribution in [0.4, 0.5) is 0 Å². The van der Waals surface area contributed by atoms with Crippen LogP contribution in [0.15, 0.2) is 11.6 Å². The Hall–Kier alpha value is -1.73. The smallest absolute Gasteiger partial charge is 0.313 e. The average molecular weight is 545 g/mol. The number of aliphatic hydroxyl groups is 2. The zero-order valence-electron chi connectivity index (χ0n) is 24.9. The summed E-state index contributed by atoms with van der Waals surface area (Å²) in [5, 5.41) is 34.4. The van der Waals surface area contributed by atoms with E-state index in [1.54, 1.807) is 6.92 Å². The molecule has 5 rings (SSSR count). The van der Waals surface area contributed by atoms with Crippen molar-refractivity contribution in [2.24, 2.45) is 56.7 Å². The number of carbonyl (C=O) groups excluding carboxylic acids is 2. The number of hydrogen-bond donors (Lipinski definition) is 3. The first-order chi connectivity index (χ1) is 17.9. The van der Waals surface area contributed by atoms with E-state index in [0.29, 0.717) is 25.2 Å². The van der Waals surface area contributed by atoms with Crippen LogP contribution in [0.3, 0.4) is 0 Å². The quantitative estimate of drug-likeness (QED) is 0.428. The van der Waals surface area contributed by atoms with Crippen molar-refractivity contribution in [3.05, 3.63) is 11.6 Å². The Morgan fingerprint density at radius 3 is 2.18 bits per heavy atom. The van der Waals surface area contributed by atoms with Crippen molar-refractivity contribution < 1.29 is 34.4 Å². The summed E-state index contributed by atoms with van der Waals surface area (Å²) in [5.41, 5.74) is -2.91. The molecule has 0 radical (unpaired) electrons. The molecule has 4 saturated carbocycles. The van der Waals surface area contributed by atoms with Gasteiger partial charge in [0.05, 0.1) is 12.2 Å². The molecule has 0 saturated heterocycles. The Labute approximate surface area is 232 Å². The molecule has 39 heavy (non-hydrogen) atoms. The van der Waals surface area contributed by atoms with Gasteiger partial charge in [-0.05, 0) is 80.6 Å². The van der Waals surface area contributed by atoms with E-state index in [4.69, 9.17) is 4.74 Å². The van der Waals surface area contributed by atoms with Crippen LogP contribution < -0.4 is 0 Å². The molecule has 0 aromatic heterocycles. The van der Waals surface area contributed by atoms with E-state index in [0.717, 1.165) is 18.4 Å². The molecule has 7 nitrogen and oxygen atoms in total. The number of allylic oxidation sites excluding steroid dienone is 2. The normalized spacial score (nSPS) is 54.8. The van der Waals surface area contributed by atoms with Gasteiger partial charge in [-0.3, -0.25) is 14.4 Å². The fourth-order valence-electron chi connectivity index (χ4n) is 11.0. The number of aliphatic hydroxyl groups excluding tert-OH is 2. The molecule has 0 aliphatic heterocycles. The molecule has 5 aliphatic carbocycles. The highest BCUT2D eigenvalue weighted by molar-refractivity contribution is 5.96. The number of ether oxygens (including phenoxy) is 1. The molecule has 3 N–H and O–H groups in total. The second-order valence-corrected chi connectivity index (χ2v) is 15.2. The summed E-state index contributed by atoms with van der Waals surface area (Å²) < 4.78 is 5.57. The number of ketones is 1. The number of aliphatic carboxylic acids is 1. The molecule has 0 aromatic rings. The number of carboxylic acids is 1. The number of carbonyl (C=O) groups is 3. The second kappa shape index (κ2) is 8.64. The van der Waals surface area contributed by atoms with E-state index < -0.39 is 63.7 Å². The first-order valence-corrected chi connectivity index (χ1v) is 14.9. The highest BCUT2D eigenvalue weighted by atomic mass is 16.5. The van der Waals surface area contributed by atoms with Crippen LogP contribution in [0.1, 0.15) is 93.9 Å². The molecule has 3 unspecified atom stereocenters. The maximum Gasteiger partial charge on any atom is 0.313 e. The minimum absolute atomic E-state index is 0.0286. The molecule has 218 valence electrons. The minimum Gasteiger partial charge on any atom is -0.481 e. The van der Waals surface area contributed by atoms with Gasteiger partial charge >= 0.3 is 11.9 Å². The first kappa shape index (κ1) is 28.8. The number of esters is 1. The van der Waals surface area contributed by atoms with Crippen LogP contribution in [0.5, 0.6) is 0 Å². The lowest BCUT2D eigenvalue weighted by Crippen LogP contribution is -2.73. The zero-order chi connectivity index (χ0) is 29.1. The van der Waals surface area contributed by atoms with E-state index in [9.17, 15) is 29.7 Å². The summed E-state index contributed by atoms with van der Waals surface area (Å²) in [6, 6.07) is 0.